The van der Waals surface area contributed by atoms with Crippen LogP contribution in [0.5, 0.6) is 0 Å². The number of likely N-dealkylation sites (N-methyl/N-ethyl adjacent to an activating group) is 1. The van der Waals surface area contributed by atoms with Crippen LogP contribution < -0.4 is 11.1 Å². The molecule has 1 aromatic carbocycles. The van der Waals surface area contributed by atoms with E-state index in [2.05, 4.69) is 5.32 Å². The highest BCUT2D eigenvalue weighted by molar-refractivity contribution is 5.98. The predicted octanol–water partition coefficient (Wildman–Crippen LogP) is 0.710. The van der Waals surface area contributed by atoms with Crippen molar-refractivity contribution in [1.82, 2.24) is 4.90 Å². The molecule has 0 aromatic heterocycles. The Kier molecular flexibility index (Phi) is 3.84. The highest BCUT2D eigenvalue weighted by Crippen LogP contribution is 2.26. The summed E-state index contributed by atoms with van der Waals surface area (Å²) in [7, 11) is 3.60. The fraction of sp³-hybridized carbons (Fsp3) is 0.462. The number of anilines is 2. The van der Waals surface area contributed by atoms with E-state index in [-0.39, 0.29) is 11.9 Å². The standard InChI is InChI=1S/C13H19N3O2/c1-16(5-6-18-2)12-7-9-3-4-10(14)8-11(9)15-13(12)17/h3-4,8,12H,5-7,14H2,1-2H3,(H,15,17)/t12-/m0/s1. The van der Waals surface area contributed by atoms with E-state index in [9.17, 15) is 4.79 Å². The van der Waals surface area contributed by atoms with Gasteiger partial charge in [-0.2, -0.15) is 0 Å². The number of fused-ring (bicyclic) bond motifs is 1. The number of nitrogen functional groups attached to an aromatic ring is 1. The largest absolute Gasteiger partial charge is 0.399 e. The zero-order valence-corrected chi connectivity index (χ0v) is 10.8. The number of amides is 1. The van der Waals surface area contributed by atoms with Crippen LogP contribution in [0.2, 0.25) is 0 Å². The van der Waals surface area contributed by atoms with Gasteiger partial charge in [-0.05, 0) is 31.2 Å². The van der Waals surface area contributed by atoms with Crippen molar-refractivity contribution in [3.05, 3.63) is 23.8 Å². The maximum absolute atomic E-state index is 12.0. The number of methoxy groups -OCH3 is 1. The second-order valence-electron chi connectivity index (χ2n) is 4.60. The first kappa shape index (κ1) is 12.9. The summed E-state index contributed by atoms with van der Waals surface area (Å²) in [5.74, 6) is 0.0201. The molecule has 2 rings (SSSR count). The molecule has 1 amide bonds. The van der Waals surface area contributed by atoms with Crippen LogP contribution in [-0.2, 0) is 16.0 Å². The highest BCUT2D eigenvalue weighted by Gasteiger charge is 2.29. The van der Waals surface area contributed by atoms with Crippen molar-refractivity contribution in [3.8, 4) is 0 Å². The smallest absolute Gasteiger partial charge is 0.242 e. The number of benzene rings is 1. The molecule has 0 saturated carbocycles. The van der Waals surface area contributed by atoms with E-state index in [1.165, 1.54) is 0 Å². The summed E-state index contributed by atoms with van der Waals surface area (Å²) in [6.07, 6.45) is 0.710. The molecule has 0 radical (unpaired) electrons. The number of hydrogen-bond acceptors (Lipinski definition) is 4. The first-order valence-electron chi connectivity index (χ1n) is 6.00. The van der Waals surface area contributed by atoms with E-state index in [1.807, 2.05) is 24.1 Å². The SMILES string of the molecule is COCCN(C)[C@H]1Cc2ccc(N)cc2NC1=O. The molecule has 5 heteroatoms. The Labute approximate surface area is 107 Å². The number of nitrogens with two attached hydrogens (primary N) is 1. The first-order valence-corrected chi connectivity index (χ1v) is 6.00. The molecular weight excluding hydrogens is 230 g/mol. The molecular formula is C13H19N3O2. The van der Waals surface area contributed by atoms with Crippen LogP contribution in [0.25, 0.3) is 0 Å². The summed E-state index contributed by atoms with van der Waals surface area (Å²) in [4.78, 5) is 14.1. The van der Waals surface area contributed by atoms with Crippen molar-refractivity contribution < 1.29 is 9.53 Å². The Balaban J connectivity index is 2.13. The van der Waals surface area contributed by atoms with Gasteiger partial charge < -0.3 is 15.8 Å². The molecule has 5 nitrogen and oxygen atoms in total. The van der Waals surface area contributed by atoms with E-state index >= 15 is 0 Å². The molecule has 0 fully saturated rings. The molecule has 0 aliphatic carbocycles. The van der Waals surface area contributed by atoms with E-state index in [1.54, 1.807) is 13.2 Å². The third-order valence-electron chi connectivity index (χ3n) is 3.29. The molecule has 18 heavy (non-hydrogen) atoms. The average Bonchev–Trinajstić information content (AvgIpc) is 2.35. The Hall–Kier alpha value is -1.59. The van der Waals surface area contributed by atoms with Gasteiger partial charge in [-0.15, -0.1) is 0 Å². The number of nitrogens with zero attached hydrogens (tertiary/aromatic N) is 1. The summed E-state index contributed by atoms with van der Waals surface area (Å²) in [6.45, 7) is 1.35. The molecule has 0 saturated heterocycles. The van der Waals surface area contributed by atoms with Gasteiger partial charge in [-0.3, -0.25) is 9.69 Å². The topological polar surface area (TPSA) is 67.6 Å². The molecule has 0 spiro atoms. The predicted molar refractivity (Wildman–Crippen MR) is 71.5 cm³/mol. The van der Waals surface area contributed by atoms with Gasteiger partial charge in [-0.25, -0.2) is 0 Å². The zero-order chi connectivity index (χ0) is 13.1. The van der Waals surface area contributed by atoms with Gasteiger partial charge in [0.15, 0.2) is 0 Å². The monoisotopic (exact) mass is 249 g/mol. The molecule has 1 heterocycles. The third kappa shape index (κ3) is 2.63. The minimum atomic E-state index is -0.142. The summed E-state index contributed by atoms with van der Waals surface area (Å²) in [5.41, 5.74) is 8.33. The van der Waals surface area contributed by atoms with Crippen molar-refractivity contribution in [3.63, 3.8) is 0 Å². The van der Waals surface area contributed by atoms with Crippen LogP contribution in [-0.4, -0.2) is 44.2 Å². The number of rotatable bonds is 4. The summed E-state index contributed by atoms with van der Waals surface area (Å²) < 4.78 is 5.03. The maximum Gasteiger partial charge on any atom is 0.242 e. The molecule has 98 valence electrons. The van der Waals surface area contributed by atoms with Gasteiger partial charge in [0.05, 0.1) is 12.6 Å². The normalized spacial score (nSPS) is 18.6. The van der Waals surface area contributed by atoms with E-state index < -0.39 is 0 Å². The van der Waals surface area contributed by atoms with Crippen molar-refractivity contribution in [2.45, 2.75) is 12.5 Å². The van der Waals surface area contributed by atoms with Crippen molar-refractivity contribution in [2.75, 3.05) is 38.4 Å². The van der Waals surface area contributed by atoms with Crippen LogP contribution in [0.4, 0.5) is 11.4 Å². The highest BCUT2D eigenvalue weighted by atomic mass is 16.5. The summed E-state index contributed by atoms with van der Waals surface area (Å²) in [6, 6.07) is 5.50. The van der Waals surface area contributed by atoms with E-state index in [4.69, 9.17) is 10.5 Å². The van der Waals surface area contributed by atoms with Gasteiger partial charge in [0.25, 0.3) is 0 Å². The van der Waals surface area contributed by atoms with Gasteiger partial charge in [0.2, 0.25) is 5.91 Å². The van der Waals surface area contributed by atoms with Crippen molar-refractivity contribution >= 4 is 17.3 Å². The second kappa shape index (κ2) is 5.37. The Bertz CT molecular complexity index is 448. The second-order valence-corrected chi connectivity index (χ2v) is 4.60. The van der Waals surface area contributed by atoms with Crippen LogP contribution in [0, 0.1) is 0 Å². The minimum absolute atomic E-state index is 0.0201. The van der Waals surface area contributed by atoms with E-state index in [0.29, 0.717) is 18.7 Å². The molecule has 1 aromatic rings. The molecule has 0 bridgehead atoms. The fourth-order valence-electron chi connectivity index (χ4n) is 2.15. The number of nitrogens with one attached hydrogen (secondary N) is 1. The molecule has 0 unspecified atom stereocenters. The fourth-order valence-corrected chi connectivity index (χ4v) is 2.15. The Morgan fingerprint density at radius 2 is 2.33 bits per heavy atom. The van der Waals surface area contributed by atoms with Crippen molar-refractivity contribution in [1.29, 1.82) is 0 Å². The van der Waals surface area contributed by atoms with Gasteiger partial charge >= 0.3 is 0 Å². The zero-order valence-electron chi connectivity index (χ0n) is 10.8. The van der Waals surface area contributed by atoms with Gasteiger partial charge in [0, 0.05) is 25.0 Å². The lowest BCUT2D eigenvalue weighted by Gasteiger charge is -2.31. The van der Waals surface area contributed by atoms with Crippen LogP contribution in [0.15, 0.2) is 18.2 Å². The molecule has 1 aliphatic rings. The number of carbonyl (C=O) groups excluding carboxylic acids is 1. The van der Waals surface area contributed by atoms with Gasteiger partial charge in [-0.1, -0.05) is 6.07 Å². The Morgan fingerprint density at radius 1 is 1.56 bits per heavy atom. The van der Waals surface area contributed by atoms with Crippen molar-refractivity contribution in [2.24, 2.45) is 0 Å². The summed E-state index contributed by atoms with van der Waals surface area (Å²) in [5, 5.41) is 2.91. The lowest BCUT2D eigenvalue weighted by Crippen LogP contribution is -2.47. The number of carbonyl (C=O) groups is 1. The molecule has 1 aliphatic heterocycles. The lowest BCUT2D eigenvalue weighted by atomic mass is 9.97. The van der Waals surface area contributed by atoms with Crippen LogP contribution in [0.1, 0.15) is 5.56 Å². The number of hydrogen-bond donors (Lipinski definition) is 2. The maximum atomic E-state index is 12.0. The lowest BCUT2D eigenvalue weighted by molar-refractivity contribution is -0.121. The van der Waals surface area contributed by atoms with Gasteiger partial charge in [0.1, 0.15) is 0 Å². The third-order valence-corrected chi connectivity index (χ3v) is 3.29. The van der Waals surface area contributed by atoms with Crippen LogP contribution in [0.3, 0.4) is 0 Å². The number of ether oxygens (including phenoxy) is 1. The summed E-state index contributed by atoms with van der Waals surface area (Å²) >= 11 is 0. The first-order chi connectivity index (χ1) is 8.61. The average molecular weight is 249 g/mol. The molecule has 1 atom stereocenters. The van der Waals surface area contributed by atoms with E-state index in [0.717, 1.165) is 17.8 Å². The minimum Gasteiger partial charge on any atom is -0.399 e. The quantitative estimate of drug-likeness (QED) is 0.771. The van der Waals surface area contributed by atoms with Crippen LogP contribution >= 0.6 is 0 Å². The Morgan fingerprint density at radius 3 is 3.06 bits per heavy atom. The molecule has 3 N–H and O–H groups in total.